The van der Waals surface area contributed by atoms with Crippen LogP contribution in [0.25, 0.3) is 0 Å². The fourth-order valence-corrected chi connectivity index (χ4v) is 5.44. The minimum atomic E-state index is -0.00624. The first-order chi connectivity index (χ1) is 18.1. The standard InChI is InChI=1S/C34H38N2O2/c1-33(2)19-17-24-6-12-30(38-28-15-9-26(36)10-16-28)22-32(24)34(3,4)20-18-23-5-11-29(21-31(23)33)37-27-13-7-25(35)8-14-27/h5-16,21-22H,17-20,35-36H2,1-4H3. The second kappa shape index (κ2) is 10.1. The Labute approximate surface area is 226 Å². The van der Waals surface area contributed by atoms with Crippen LogP contribution in [0, 0.1) is 0 Å². The summed E-state index contributed by atoms with van der Waals surface area (Å²) in [4.78, 5) is 0. The zero-order chi connectivity index (χ0) is 26.9. The molecule has 0 amide bonds. The summed E-state index contributed by atoms with van der Waals surface area (Å²) in [6.07, 6.45) is 4.06. The molecule has 0 aromatic heterocycles. The molecule has 4 aromatic rings. The highest BCUT2D eigenvalue weighted by atomic mass is 16.5. The molecule has 38 heavy (non-hydrogen) atoms. The molecule has 4 nitrogen and oxygen atoms in total. The van der Waals surface area contributed by atoms with E-state index in [0.29, 0.717) is 0 Å². The second-order valence-electron chi connectivity index (χ2n) is 11.7. The molecule has 0 heterocycles. The van der Waals surface area contributed by atoms with Gasteiger partial charge in [-0.1, -0.05) is 39.8 Å². The van der Waals surface area contributed by atoms with Gasteiger partial charge in [0.05, 0.1) is 0 Å². The summed E-state index contributed by atoms with van der Waals surface area (Å²) >= 11 is 0. The van der Waals surface area contributed by atoms with Gasteiger partial charge in [-0.05, 0) is 132 Å². The first-order valence-corrected chi connectivity index (χ1v) is 13.4. The molecule has 1 aliphatic rings. The van der Waals surface area contributed by atoms with E-state index in [2.05, 4.69) is 64.1 Å². The van der Waals surface area contributed by atoms with Crippen molar-refractivity contribution >= 4 is 11.4 Å². The zero-order valence-corrected chi connectivity index (χ0v) is 22.9. The Morgan fingerprint density at radius 2 is 0.842 bits per heavy atom. The van der Waals surface area contributed by atoms with E-state index in [4.69, 9.17) is 20.9 Å². The monoisotopic (exact) mass is 506 g/mol. The van der Waals surface area contributed by atoms with Gasteiger partial charge >= 0.3 is 0 Å². The average Bonchev–Trinajstić information content (AvgIpc) is 2.89. The van der Waals surface area contributed by atoms with Crippen LogP contribution < -0.4 is 20.9 Å². The summed E-state index contributed by atoms with van der Waals surface area (Å²) in [6.45, 7) is 9.40. The van der Waals surface area contributed by atoms with Crippen molar-refractivity contribution in [3.05, 3.63) is 107 Å². The molecule has 4 aromatic carbocycles. The molecule has 0 aliphatic heterocycles. The van der Waals surface area contributed by atoms with Crippen molar-refractivity contribution in [1.29, 1.82) is 0 Å². The summed E-state index contributed by atoms with van der Waals surface area (Å²) < 4.78 is 12.4. The topological polar surface area (TPSA) is 70.5 Å². The van der Waals surface area contributed by atoms with Crippen molar-refractivity contribution < 1.29 is 9.47 Å². The summed E-state index contributed by atoms with van der Waals surface area (Å²) in [6, 6.07) is 28.3. The van der Waals surface area contributed by atoms with Crippen LogP contribution in [-0.2, 0) is 23.7 Å². The van der Waals surface area contributed by atoms with Crippen LogP contribution in [0.4, 0.5) is 11.4 Å². The highest BCUT2D eigenvalue weighted by Gasteiger charge is 2.30. The van der Waals surface area contributed by atoms with Gasteiger partial charge in [0.1, 0.15) is 23.0 Å². The van der Waals surface area contributed by atoms with Gasteiger partial charge in [-0.25, -0.2) is 0 Å². The molecule has 4 heteroatoms. The van der Waals surface area contributed by atoms with E-state index < -0.39 is 0 Å². The number of hydrogen-bond donors (Lipinski definition) is 2. The van der Waals surface area contributed by atoms with E-state index in [0.717, 1.165) is 60.1 Å². The highest BCUT2D eigenvalue weighted by Crippen LogP contribution is 2.41. The van der Waals surface area contributed by atoms with Crippen molar-refractivity contribution in [2.75, 3.05) is 11.5 Å². The Morgan fingerprint density at radius 3 is 1.21 bits per heavy atom. The summed E-state index contributed by atoms with van der Waals surface area (Å²) in [5.74, 6) is 3.32. The maximum atomic E-state index is 6.21. The molecule has 0 saturated heterocycles. The smallest absolute Gasteiger partial charge is 0.127 e. The van der Waals surface area contributed by atoms with Gasteiger partial charge in [0.25, 0.3) is 0 Å². The van der Waals surface area contributed by atoms with Gasteiger partial charge in [0.15, 0.2) is 0 Å². The lowest BCUT2D eigenvalue weighted by molar-refractivity contribution is 0.428. The number of rotatable bonds is 4. The zero-order valence-electron chi connectivity index (χ0n) is 22.9. The minimum Gasteiger partial charge on any atom is -0.457 e. The number of nitrogen functional groups attached to an aromatic ring is 2. The maximum Gasteiger partial charge on any atom is 0.127 e. The molecule has 196 valence electrons. The molecule has 0 radical (unpaired) electrons. The lowest BCUT2D eigenvalue weighted by Crippen LogP contribution is -2.26. The molecule has 0 unspecified atom stereocenters. The molecule has 1 aliphatic carbocycles. The Balaban J connectivity index is 1.44. The maximum absolute atomic E-state index is 6.21. The Morgan fingerprint density at radius 1 is 0.500 bits per heavy atom. The second-order valence-corrected chi connectivity index (χ2v) is 11.7. The first kappa shape index (κ1) is 25.7. The third-order valence-electron chi connectivity index (χ3n) is 7.89. The lowest BCUT2D eigenvalue weighted by Gasteiger charge is -2.34. The Bertz CT molecular complexity index is 1310. The number of anilines is 2. The fraction of sp³-hybridized carbons (Fsp3) is 0.294. The van der Waals surface area contributed by atoms with Gasteiger partial charge in [0, 0.05) is 11.4 Å². The van der Waals surface area contributed by atoms with Crippen LogP contribution in [0.2, 0.25) is 0 Å². The van der Waals surface area contributed by atoms with Crippen molar-refractivity contribution in [3.8, 4) is 23.0 Å². The molecule has 5 rings (SSSR count). The SMILES string of the molecule is CC1(C)CCc2ccc(Oc3ccc(N)cc3)cc2C(C)(C)CCc2ccc(Oc3ccc(N)cc3)cc21. The van der Waals surface area contributed by atoms with Crippen LogP contribution in [0.5, 0.6) is 23.0 Å². The predicted molar refractivity (Wildman–Crippen MR) is 157 cm³/mol. The summed E-state index contributed by atoms with van der Waals surface area (Å²) in [5.41, 5.74) is 18.7. The van der Waals surface area contributed by atoms with E-state index in [1.807, 2.05) is 48.5 Å². The number of nitrogens with two attached hydrogens (primary N) is 2. The van der Waals surface area contributed by atoms with E-state index >= 15 is 0 Å². The van der Waals surface area contributed by atoms with Crippen LogP contribution in [-0.4, -0.2) is 0 Å². The quantitative estimate of drug-likeness (QED) is 0.272. The molecular formula is C34H38N2O2. The van der Waals surface area contributed by atoms with Gasteiger partial charge in [-0.2, -0.15) is 0 Å². The normalized spacial score (nSPS) is 16.1. The van der Waals surface area contributed by atoms with Crippen molar-refractivity contribution in [2.45, 2.75) is 64.2 Å². The van der Waals surface area contributed by atoms with Crippen molar-refractivity contribution in [3.63, 3.8) is 0 Å². The predicted octanol–water partition coefficient (Wildman–Crippen LogP) is 8.57. The van der Waals surface area contributed by atoms with Crippen LogP contribution in [0.15, 0.2) is 84.9 Å². The van der Waals surface area contributed by atoms with Gasteiger partial charge < -0.3 is 20.9 Å². The molecule has 0 saturated carbocycles. The van der Waals surface area contributed by atoms with Crippen molar-refractivity contribution in [1.82, 2.24) is 0 Å². The van der Waals surface area contributed by atoms with Crippen molar-refractivity contribution in [2.24, 2.45) is 0 Å². The van der Waals surface area contributed by atoms with Gasteiger partial charge in [0.2, 0.25) is 0 Å². The molecule has 0 fully saturated rings. The van der Waals surface area contributed by atoms with Gasteiger partial charge in [-0.15, -0.1) is 0 Å². The summed E-state index contributed by atoms with van der Waals surface area (Å²) in [7, 11) is 0. The van der Waals surface area contributed by atoms with E-state index in [1.165, 1.54) is 22.3 Å². The van der Waals surface area contributed by atoms with Crippen LogP contribution >= 0.6 is 0 Å². The number of fused-ring (bicyclic) bond motifs is 2. The van der Waals surface area contributed by atoms with E-state index in [-0.39, 0.29) is 10.8 Å². The molecule has 4 N–H and O–H groups in total. The molecule has 0 spiro atoms. The number of aryl methyl sites for hydroxylation is 2. The number of ether oxygens (including phenoxy) is 2. The lowest BCUT2D eigenvalue weighted by atomic mass is 9.70. The largest absolute Gasteiger partial charge is 0.457 e. The molecular weight excluding hydrogens is 468 g/mol. The third-order valence-corrected chi connectivity index (χ3v) is 7.89. The average molecular weight is 507 g/mol. The Hall–Kier alpha value is -3.92. The van der Waals surface area contributed by atoms with E-state index in [9.17, 15) is 0 Å². The Kier molecular flexibility index (Phi) is 6.83. The first-order valence-electron chi connectivity index (χ1n) is 13.4. The number of hydrogen-bond acceptors (Lipinski definition) is 4. The van der Waals surface area contributed by atoms with Crippen LogP contribution in [0.1, 0.15) is 62.8 Å². The summed E-state index contributed by atoms with van der Waals surface area (Å²) in [5, 5.41) is 0. The molecule has 0 atom stereocenters. The molecule has 0 bridgehead atoms. The van der Waals surface area contributed by atoms with Crippen LogP contribution in [0.3, 0.4) is 0 Å². The third kappa shape index (κ3) is 5.65. The highest BCUT2D eigenvalue weighted by molar-refractivity contribution is 5.48. The van der Waals surface area contributed by atoms with E-state index in [1.54, 1.807) is 0 Å². The number of benzene rings is 4. The fourth-order valence-electron chi connectivity index (χ4n) is 5.44. The minimum absolute atomic E-state index is 0.00624. The van der Waals surface area contributed by atoms with Gasteiger partial charge in [-0.3, -0.25) is 0 Å².